The molecule has 2 N–H and O–H groups in total. The summed E-state index contributed by atoms with van der Waals surface area (Å²) in [5, 5.41) is 0. The first-order chi connectivity index (χ1) is 22.7. The lowest BCUT2D eigenvalue weighted by molar-refractivity contribution is -0.122. The number of piperazine rings is 1. The number of ether oxygens (including phenoxy) is 1. The maximum absolute atomic E-state index is 14.8. The van der Waals surface area contributed by atoms with E-state index in [4.69, 9.17) is 15.5 Å². The van der Waals surface area contributed by atoms with E-state index in [9.17, 15) is 9.59 Å². The van der Waals surface area contributed by atoms with Gasteiger partial charge in [-0.2, -0.15) is 0 Å². The fourth-order valence-corrected chi connectivity index (χ4v) is 7.82. The molecule has 1 aliphatic carbocycles. The number of nitrogens with two attached hydrogens (primary N) is 1. The Morgan fingerprint density at radius 2 is 1.53 bits per heavy atom. The summed E-state index contributed by atoms with van der Waals surface area (Å²) in [4.78, 5) is 36.6. The first kappa shape index (κ1) is 32.5. The Morgan fingerprint density at radius 3 is 2.17 bits per heavy atom. The van der Waals surface area contributed by atoms with Gasteiger partial charge in [-0.3, -0.25) is 9.69 Å². The lowest BCUT2D eigenvalue weighted by Crippen LogP contribution is -2.56. The molecule has 0 spiro atoms. The maximum atomic E-state index is 14.8. The van der Waals surface area contributed by atoms with E-state index in [0.29, 0.717) is 18.7 Å². The van der Waals surface area contributed by atoms with E-state index in [1.54, 1.807) is 6.33 Å². The number of carbonyl (C=O) groups excluding carboxylic acids is 2. The minimum absolute atomic E-state index is 0.0299. The lowest BCUT2D eigenvalue weighted by Gasteiger charge is -2.51. The fourth-order valence-electron chi connectivity index (χ4n) is 7.82. The number of hydrogen-bond acceptors (Lipinski definition) is 5. The monoisotopic (exact) mass is 633 g/mol. The van der Waals surface area contributed by atoms with Crippen LogP contribution in [-0.4, -0.2) is 62.6 Å². The van der Waals surface area contributed by atoms with Crippen molar-refractivity contribution in [1.29, 1.82) is 0 Å². The summed E-state index contributed by atoms with van der Waals surface area (Å²) < 4.78 is 8.23. The highest BCUT2D eigenvalue weighted by Crippen LogP contribution is 2.52. The molecule has 2 fully saturated rings. The molecule has 2 aliphatic rings. The Labute approximate surface area is 278 Å². The number of rotatable bonds is 8. The normalized spacial score (nSPS) is 22.1. The largest absolute Gasteiger partial charge is 0.440 e. The van der Waals surface area contributed by atoms with Gasteiger partial charge in [0.1, 0.15) is 5.60 Å². The molecule has 8 nitrogen and oxygen atoms in total. The smallest absolute Gasteiger partial charge is 0.405 e. The lowest BCUT2D eigenvalue weighted by atomic mass is 9.65. The average molecular weight is 634 g/mol. The quantitative estimate of drug-likeness (QED) is 0.223. The van der Waals surface area contributed by atoms with Crippen LogP contribution in [-0.2, 0) is 17.7 Å². The molecule has 1 aliphatic heterocycles. The molecule has 3 aromatic carbocycles. The van der Waals surface area contributed by atoms with E-state index in [1.807, 2.05) is 47.4 Å². The van der Waals surface area contributed by atoms with E-state index in [0.717, 1.165) is 56.6 Å². The molecule has 0 unspecified atom stereocenters. The summed E-state index contributed by atoms with van der Waals surface area (Å²) in [5.41, 5.74) is 9.02. The van der Waals surface area contributed by atoms with Crippen molar-refractivity contribution in [3.8, 4) is 11.3 Å². The predicted molar refractivity (Wildman–Crippen MR) is 185 cm³/mol. The zero-order valence-corrected chi connectivity index (χ0v) is 27.8. The molecule has 6 rings (SSSR count). The second kappa shape index (κ2) is 13.7. The van der Waals surface area contributed by atoms with E-state index >= 15 is 0 Å². The highest BCUT2D eigenvalue weighted by molar-refractivity contribution is 5.98. The zero-order valence-electron chi connectivity index (χ0n) is 27.8. The third kappa shape index (κ3) is 6.84. The number of primary amides is 1. The van der Waals surface area contributed by atoms with Crippen LogP contribution in [0.3, 0.4) is 0 Å². The highest BCUT2D eigenvalue weighted by Gasteiger charge is 2.54. The molecule has 1 saturated carbocycles. The Hall–Kier alpha value is -4.43. The third-order valence-corrected chi connectivity index (χ3v) is 10.1. The van der Waals surface area contributed by atoms with Gasteiger partial charge in [0.15, 0.2) is 5.69 Å². The van der Waals surface area contributed by atoms with Gasteiger partial charge in [0, 0.05) is 43.2 Å². The van der Waals surface area contributed by atoms with Crippen molar-refractivity contribution in [2.75, 3.05) is 19.6 Å². The van der Waals surface area contributed by atoms with Crippen LogP contribution in [0.4, 0.5) is 4.79 Å². The van der Waals surface area contributed by atoms with Gasteiger partial charge in [0.05, 0.1) is 18.1 Å². The Balaban J connectivity index is 1.39. The fraction of sp³-hybridized carbons (Fsp3) is 0.410. The molecular formula is C39H47N5O3. The van der Waals surface area contributed by atoms with Crippen molar-refractivity contribution >= 4 is 12.0 Å². The van der Waals surface area contributed by atoms with Gasteiger partial charge in [-0.15, -0.1) is 0 Å². The van der Waals surface area contributed by atoms with Crippen LogP contribution in [0.5, 0.6) is 0 Å². The Morgan fingerprint density at radius 1 is 0.894 bits per heavy atom. The first-order valence-electron chi connectivity index (χ1n) is 16.9. The Bertz CT molecular complexity index is 1650. The number of imidazole rings is 1. The van der Waals surface area contributed by atoms with Crippen LogP contribution in [0.25, 0.3) is 11.3 Å². The minimum atomic E-state index is -0.861. The van der Waals surface area contributed by atoms with Gasteiger partial charge in [0.2, 0.25) is 0 Å². The van der Waals surface area contributed by atoms with E-state index in [-0.39, 0.29) is 18.0 Å². The second-order valence-corrected chi connectivity index (χ2v) is 14.1. The molecule has 1 saturated heterocycles. The standard InChI is InChI=1S/C39H47N5O3/c1-38(2,3)39(47-37(40)46)22-14-13-21-33(39)44-28-41-34(35(44)31-19-11-6-12-20-31)36(45)43-24-23-42(26-30-17-9-5-10-18-30)27-32(43)25-29-15-7-4-8-16-29/h4-12,15-20,28,32-33H,13-14,21-27H2,1-3H3,(H2,40,46)/t32-,33+,39-/m1/s1. The molecule has 2 amide bonds. The molecule has 8 heteroatoms. The summed E-state index contributed by atoms with van der Waals surface area (Å²) >= 11 is 0. The average Bonchev–Trinajstić information content (AvgIpc) is 3.50. The number of amides is 2. The molecule has 246 valence electrons. The summed E-state index contributed by atoms with van der Waals surface area (Å²) in [7, 11) is 0. The molecule has 0 radical (unpaired) electrons. The third-order valence-electron chi connectivity index (χ3n) is 10.1. The first-order valence-corrected chi connectivity index (χ1v) is 16.9. The van der Waals surface area contributed by atoms with Crippen molar-refractivity contribution in [2.24, 2.45) is 11.1 Å². The van der Waals surface area contributed by atoms with Gasteiger partial charge in [-0.05, 0) is 36.8 Å². The summed E-state index contributed by atoms with van der Waals surface area (Å²) in [5.74, 6) is -0.0733. The minimum Gasteiger partial charge on any atom is -0.440 e. The van der Waals surface area contributed by atoms with E-state index in [2.05, 4.69) is 78.8 Å². The van der Waals surface area contributed by atoms with Crippen molar-refractivity contribution in [2.45, 2.75) is 77.1 Å². The summed E-state index contributed by atoms with van der Waals surface area (Å²) in [6.07, 6.45) is 5.13. The van der Waals surface area contributed by atoms with Crippen LogP contribution in [0.15, 0.2) is 97.3 Å². The summed E-state index contributed by atoms with van der Waals surface area (Å²) in [6.45, 7) is 9.28. The van der Waals surface area contributed by atoms with Crippen LogP contribution in [0, 0.1) is 5.41 Å². The maximum Gasteiger partial charge on any atom is 0.405 e. The number of hydrogen-bond donors (Lipinski definition) is 1. The Kier molecular flexibility index (Phi) is 9.50. The molecule has 0 bridgehead atoms. The van der Waals surface area contributed by atoms with Crippen LogP contribution in [0.1, 0.15) is 74.1 Å². The van der Waals surface area contributed by atoms with Gasteiger partial charge in [0.25, 0.3) is 5.91 Å². The molecular weight excluding hydrogens is 586 g/mol. The van der Waals surface area contributed by atoms with Crippen molar-refractivity contribution < 1.29 is 14.3 Å². The second-order valence-electron chi connectivity index (χ2n) is 14.1. The van der Waals surface area contributed by atoms with Crippen LogP contribution < -0.4 is 5.73 Å². The molecule has 2 heterocycles. The van der Waals surface area contributed by atoms with Gasteiger partial charge in [-0.25, -0.2) is 9.78 Å². The number of aromatic nitrogens is 2. The van der Waals surface area contributed by atoms with Gasteiger partial charge >= 0.3 is 6.09 Å². The van der Waals surface area contributed by atoms with Crippen LogP contribution in [0.2, 0.25) is 0 Å². The zero-order chi connectivity index (χ0) is 33.0. The van der Waals surface area contributed by atoms with Gasteiger partial charge in [-0.1, -0.05) is 118 Å². The highest BCUT2D eigenvalue weighted by atomic mass is 16.6. The van der Waals surface area contributed by atoms with Crippen molar-refractivity contribution in [1.82, 2.24) is 19.4 Å². The van der Waals surface area contributed by atoms with E-state index in [1.165, 1.54) is 11.1 Å². The number of benzene rings is 3. The van der Waals surface area contributed by atoms with Gasteiger partial charge < -0.3 is 19.9 Å². The number of nitrogens with zero attached hydrogens (tertiary/aromatic N) is 4. The van der Waals surface area contributed by atoms with Crippen molar-refractivity contribution in [3.63, 3.8) is 0 Å². The molecule has 4 aromatic rings. The van der Waals surface area contributed by atoms with Crippen molar-refractivity contribution in [3.05, 3.63) is 114 Å². The molecule has 47 heavy (non-hydrogen) atoms. The van der Waals surface area contributed by atoms with Crippen LogP contribution >= 0.6 is 0 Å². The number of carbonyl (C=O) groups is 2. The molecule has 1 aromatic heterocycles. The summed E-state index contributed by atoms with van der Waals surface area (Å²) in [6, 6.07) is 30.7. The topological polar surface area (TPSA) is 93.7 Å². The predicted octanol–water partition coefficient (Wildman–Crippen LogP) is 7.11. The van der Waals surface area contributed by atoms with E-state index < -0.39 is 17.1 Å². The SMILES string of the molecule is CC(C)(C)[C@@]1(OC(N)=O)CCCC[C@@H]1n1cnc(C(=O)N2CCN(Cc3ccccc3)C[C@H]2Cc2ccccc2)c1-c1ccccc1. The molecule has 3 atom stereocenters.